The molecular formula is C3H7FO2Si. The van der Waals surface area contributed by atoms with E-state index in [0.29, 0.717) is 16.8 Å². The van der Waals surface area contributed by atoms with E-state index in [9.17, 15) is 9.18 Å². The van der Waals surface area contributed by atoms with Crippen LogP contribution in [0.3, 0.4) is 0 Å². The van der Waals surface area contributed by atoms with Crippen LogP contribution in [-0.4, -0.2) is 23.1 Å². The van der Waals surface area contributed by atoms with Gasteiger partial charge in [-0.05, 0) is 0 Å². The lowest BCUT2D eigenvalue weighted by Crippen LogP contribution is -2.02. The monoisotopic (exact) mass is 122 g/mol. The fraction of sp³-hybridized carbons (Fsp3) is 0.667. The molecule has 0 amide bonds. The van der Waals surface area contributed by atoms with Crippen LogP contribution in [0.25, 0.3) is 0 Å². The Morgan fingerprint density at radius 1 is 2.00 bits per heavy atom. The van der Waals surface area contributed by atoms with Gasteiger partial charge in [-0.2, -0.15) is 0 Å². The molecule has 0 fully saturated rings. The summed E-state index contributed by atoms with van der Waals surface area (Å²) in [6, 6.07) is 0. The summed E-state index contributed by atoms with van der Waals surface area (Å²) in [4.78, 5) is 9.47. The summed E-state index contributed by atoms with van der Waals surface area (Å²) in [6.07, 6.45) is -0.990. The summed E-state index contributed by atoms with van der Waals surface area (Å²) in [5, 5.41) is 0. The number of carbonyl (C=O) groups is 1. The third kappa shape index (κ3) is 3.61. The molecule has 7 heavy (non-hydrogen) atoms. The molecule has 0 aromatic heterocycles. The van der Waals surface area contributed by atoms with Crippen molar-refractivity contribution in [3.63, 3.8) is 0 Å². The minimum atomic E-state index is -1.36. The van der Waals surface area contributed by atoms with Crippen molar-refractivity contribution >= 4 is 16.8 Å². The average Bonchev–Trinajstić information content (AvgIpc) is 1.68. The highest BCUT2D eigenvalue weighted by Crippen LogP contribution is 1.91. The fourth-order valence-corrected chi connectivity index (χ4v) is 0.364. The lowest BCUT2D eigenvalue weighted by Gasteiger charge is -1.97. The molecule has 1 unspecified atom stereocenters. The fourth-order valence-electron chi connectivity index (χ4n) is 0.172. The standard InChI is InChI=1S/C3H7FO2Si/c4-3(6-7)1-2-5/h2-3H,1H2,7H3. The molecular weight excluding hydrogens is 115 g/mol. The topological polar surface area (TPSA) is 26.3 Å². The van der Waals surface area contributed by atoms with E-state index in [2.05, 4.69) is 4.43 Å². The van der Waals surface area contributed by atoms with Crippen molar-refractivity contribution in [1.29, 1.82) is 0 Å². The molecule has 0 N–H and O–H groups in total. The molecule has 0 spiro atoms. The van der Waals surface area contributed by atoms with E-state index < -0.39 is 6.36 Å². The van der Waals surface area contributed by atoms with Crippen LogP contribution in [0, 0.1) is 0 Å². The lowest BCUT2D eigenvalue weighted by atomic mass is 10.5. The first-order chi connectivity index (χ1) is 3.31. The van der Waals surface area contributed by atoms with E-state index in [-0.39, 0.29) is 6.42 Å². The Bertz CT molecular complexity index is 58.9. The van der Waals surface area contributed by atoms with Gasteiger partial charge in [0.15, 0.2) is 6.36 Å². The minimum Gasteiger partial charge on any atom is -0.400 e. The van der Waals surface area contributed by atoms with E-state index >= 15 is 0 Å². The zero-order chi connectivity index (χ0) is 5.70. The van der Waals surface area contributed by atoms with Gasteiger partial charge < -0.3 is 9.22 Å². The average molecular weight is 122 g/mol. The Balaban J connectivity index is 2.98. The minimum absolute atomic E-state index is 0.135. The van der Waals surface area contributed by atoms with E-state index in [0.717, 1.165) is 0 Å². The third-order valence-corrected chi connectivity index (χ3v) is 1.05. The summed E-state index contributed by atoms with van der Waals surface area (Å²) in [5.74, 6) is 0. The smallest absolute Gasteiger partial charge is 0.195 e. The Kier molecular flexibility index (Phi) is 3.82. The van der Waals surface area contributed by atoms with Crippen LogP contribution in [-0.2, 0) is 9.22 Å². The Labute approximate surface area is 44.2 Å². The largest absolute Gasteiger partial charge is 0.400 e. The number of halogens is 1. The van der Waals surface area contributed by atoms with E-state index in [4.69, 9.17) is 0 Å². The van der Waals surface area contributed by atoms with Crippen molar-refractivity contribution in [2.75, 3.05) is 0 Å². The first-order valence-electron chi connectivity index (χ1n) is 1.91. The normalized spacial score (nSPS) is 13.9. The third-order valence-electron chi connectivity index (χ3n) is 0.537. The second-order valence-electron chi connectivity index (χ2n) is 1.05. The van der Waals surface area contributed by atoms with Gasteiger partial charge in [-0.1, -0.05) is 0 Å². The lowest BCUT2D eigenvalue weighted by molar-refractivity contribution is -0.110. The van der Waals surface area contributed by atoms with Gasteiger partial charge in [0.25, 0.3) is 0 Å². The molecule has 0 aromatic rings. The zero-order valence-corrected chi connectivity index (χ0v) is 6.06. The maximum atomic E-state index is 11.7. The summed E-state index contributed by atoms with van der Waals surface area (Å²) < 4.78 is 15.9. The summed E-state index contributed by atoms with van der Waals surface area (Å²) in [5.41, 5.74) is 0. The molecule has 0 rings (SSSR count). The first-order valence-corrected chi connectivity index (χ1v) is 2.73. The van der Waals surface area contributed by atoms with Gasteiger partial charge in [0.1, 0.15) is 16.8 Å². The van der Waals surface area contributed by atoms with Gasteiger partial charge in [-0.3, -0.25) is 0 Å². The van der Waals surface area contributed by atoms with Crippen LogP contribution < -0.4 is 0 Å². The number of carbonyl (C=O) groups excluding carboxylic acids is 1. The van der Waals surface area contributed by atoms with Crippen LogP contribution in [0.2, 0.25) is 0 Å². The van der Waals surface area contributed by atoms with Crippen molar-refractivity contribution in [3.8, 4) is 0 Å². The molecule has 4 heteroatoms. The van der Waals surface area contributed by atoms with Crippen molar-refractivity contribution in [3.05, 3.63) is 0 Å². The van der Waals surface area contributed by atoms with Crippen LogP contribution >= 0.6 is 0 Å². The van der Waals surface area contributed by atoms with Gasteiger partial charge in [-0.25, -0.2) is 4.39 Å². The zero-order valence-electron chi connectivity index (χ0n) is 4.06. The second-order valence-corrected chi connectivity index (χ2v) is 1.52. The molecule has 42 valence electrons. The van der Waals surface area contributed by atoms with Crippen LogP contribution in [0.15, 0.2) is 0 Å². The van der Waals surface area contributed by atoms with Gasteiger partial charge in [-0.15, -0.1) is 0 Å². The Morgan fingerprint density at radius 2 is 2.57 bits per heavy atom. The van der Waals surface area contributed by atoms with Crippen molar-refractivity contribution in [2.45, 2.75) is 12.8 Å². The molecule has 0 saturated heterocycles. The molecule has 0 aromatic carbocycles. The van der Waals surface area contributed by atoms with Crippen molar-refractivity contribution in [1.82, 2.24) is 0 Å². The highest BCUT2D eigenvalue weighted by Gasteiger charge is 1.97. The maximum Gasteiger partial charge on any atom is 0.195 e. The summed E-state index contributed by atoms with van der Waals surface area (Å²) >= 11 is 0. The molecule has 1 atom stereocenters. The van der Waals surface area contributed by atoms with E-state index in [1.807, 2.05) is 0 Å². The summed E-state index contributed by atoms with van der Waals surface area (Å²) in [6.45, 7) is 0. The van der Waals surface area contributed by atoms with Gasteiger partial charge >= 0.3 is 0 Å². The predicted molar refractivity (Wildman–Crippen MR) is 26.6 cm³/mol. The van der Waals surface area contributed by atoms with Crippen molar-refractivity contribution in [2.24, 2.45) is 0 Å². The van der Waals surface area contributed by atoms with Gasteiger partial charge in [0.05, 0.1) is 6.42 Å². The van der Waals surface area contributed by atoms with E-state index in [1.165, 1.54) is 0 Å². The molecule has 0 bridgehead atoms. The second kappa shape index (κ2) is 3.95. The number of rotatable bonds is 3. The van der Waals surface area contributed by atoms with E-state index in [1.54, 1.807) is 0 Å². The van der Waals surface area contributed by atoms with Crippen molar-refractivity contribution < 1.29 is 13.6 Å². The van der Waals surface area contributed by atoms with Gasteiger partial charge in [0, 0.05) is 0 Å². The first kappa shape index (κ1) is 6.78. The highest BCUT2D eigenvalue weighted by molar-refractivity contribution is 5.98. The summed E-state index contributed by atoms with van der Waals surface area (Å²) in [7, 11) is 0.353. The molecule has 0 aliphatic heterocycles. The van der Waals surface area contributed by atoms with Crippen LogP contribution in [0.5, 0.6) is 0 Å². The maximum absolute atomic E-state index is 11.7. The molecule has 0 aliphatic carbocycles. The molecule has 2 nitrogen and oxygen atoms in total. The Morgan fingerprint density at radius 3 is 2.71 bits per heavy atom. The predicted octanol–water partition coefficient (Wildman–Crippen LogP) is -0.832. The number of alkyl halides is 1. The number of hydrogen-bond acceptors (Lipinski definition) is 2. The van der Waals surface area contributed by atoms with Crippen LogP contribution in [0.4, 0.5) is 4.39 Å². The van der Waals surface area contributed by atoms with Gasteiger partial charge in [0.2, 0.25) is 0 Å². The molecule has 0 aliphatic rings. The SMILES string of the molecule is O=CCC(F)O[SiH3]. The number of hydrogen-bond donors (Lipinski definition) is 0. The van der Waals surface area contributed by atoms with Crippen LogP contribution in [0.1, 0.15) is 6.42 Å². The molecule has 0 radical (unpaired) electrons. The quantitative estimate of drug-likeness (QED) is 0.361. The highest BCUT2D eigenvalue weighted by atomic mass is 28.2. The number of aldehydes is 1. The molecule has 0 heterocycles. The Hall–Kier alpha value is -0.223. The molecule has 0 saturated carbocycles.